The first-order chi connectivity index (χ1) is 7.83. The van der Waals surface area contributed by atoms with Gasteiger partial charge in [-0.1, -0.05) is 0 Å². The smallest absolute Gasteiger partial charge is 0.0587 e. The second-order valence-corrected chi connectivity index (χ2v) is 5.71. The molecular weight excluding hydrogens is 275 g/mol. The minimum atomic E-state index is 0. The van der Waals surface area contributed by atoms with E-state index in [0.29, 0.717) is 25.3 Å². The number of hydrogen-bond acceptors (Lipinski definition) is 4. The van der Waals surface area contributed by atoms with Gasteiger partial charge in [0.2, 0.25) is 0 Å². The molecule has 0 aromatic carbocycles. The van der Waals surface area contributed by atoms with Gasteiger partial charge in [-0.2, -0.15) is 0 Å². The minimum absolute atomic E-state index is 0. The quantitative estimate of drug-likeness (QED) is 0.580. The van der Waals surface area contributed by atoms with Crippen molar-refractivity contribution in [2.24, 2.45) is 23.7 Å². The van der Waals surface area contributed by atoms with Crippen molar-refractivity contribution in [3.05, 3.63) is 0 Å². The predicted octanol–water partition coefficient (Wildman–Crippen LogP) is 0.0168. The van der Waals surface area contributed by atoms with Crippen molar-refractivity contribution < 1.29 is 10.2 Å². The van der Waals surface area contributed by atoms with Crippen LogP contribution < -0.4 is 10.6 Å². The molecule has 0 aromatic heterocycles. The Hall–Kier alpha value is 0.420. The maximum atomic E-state index is 8.70. The molecule has 4 fully saturated rings. The molecule has 0 amide bonds. The Morgan fingerprint density at radius 1 is 0.778 bits per heavy atom. The van der Waals surface area contributed by atoms with Crippen LogP contribution in [0.1, 0.15) is 12.8 Å². The molecule has 4 nitrogen and oxygen atoms in total. The van der Waals surface area contributed by atoms with E-state index in [-0.39, 0.29) is 24.8 Å². The summed E-state index contributed by atoms with van der Waals surface area (Å²) < 4.78 is 0. The molecule has 0 aromatic rings. The highest BCUT2D eigenvalue weighted by molar-refractivity contribution is 5.85. The van der Waals surface area contributed by atoms with Gasteiger partial charge >= 0.3 is 0 Å². The third kappa shape index (κ3) is 3.30. The van der Waals surface area contributed by atoms with Gasteiger partial charge < -0.3 is 20.8 Å². The van der Waals surface area contributed by atoms with E-state index >= 15 is 0 Å². The van der Waals surface area contributed by atoms with E-state index in [0.717, 1.165) is 36.8 Å². The molecule has 2 saturated carbocycles. The molecule has 0 bridgehead atoms. The zero-order valence-corrected chi connectivity index (χ0v) is 12.1. The summed E-state index contributed by atoms with van der Waals surface area (Å²) in [4.78, 5) is 0. The Bertz CT molecular complexity index is 244. The Balaban J connectivity index is 0.000000162. The van der Waals surface area contributed by atoms with Crippen molar-refractivity contribution in [2.45, 2.75) is 24.9 Å². The maximum Gasteiger partial charge on any atom is 0.0587 e. The molecular formula is C12H24Cl2N2O2. The van der Waals surface area contributed by atoms with Gasteiger partial charge in [0.25, 0.3) is 0 Å². The lowest BCUT2D eigenvalue weighted by Crippen LogP contribution is -2.29. The normalized spacial score (nSPS) is 45.7. The van der Waals surface area contributed by atoms with Crippen LogP contribution in [0.25, 0.3) is 0 Å². The molecule has 0 unspecified atom stereocenters. The van der Waals surface area contributed by atoms with Crippen LogP contribution in [-0.4, -0.2) is 48.6 Å². The molecule has 18 heavy (non-hydrogen) atoms. The van der Waals surface area contributed by atoms with Crippen molar-refractivity contribution in [3.63, 3.8) is 0 Å². The molecule has 2 heterocycles. The fourth-order valence-electron chi connectivity index (χ4n) is 3.31. The average Bonchev–Trinajstić information content (AvgIpc) is 3.21. The van der Waals surface area contributed by atoms with Crippen molar-refractivity contribution >= 4 is 24.8 Å². The number of aliphatic hydroxyl groups excluding tert-OH is 2. The Kier molecular flexibility index (Phi) is 6.16. The van der Waals surface area contributed by atoms with Crippen LogP contribution in [0, 0.1) is 23.7 Å². The number of hydrogen-bond donors (Lipinski definition) is 4. The van der Waals surface area contributed by atoms with Gasteiger partial charge in [0, 0.05) is 12.1 Å². The van der Waals surface area contributed by atoms with Gasteiger partial charge in [-0.05, 0) is 49.6 Å². The fourth-order valence-corrected chi connectivity index (χ4v) is 3.31. The number of fused-ring (bicyclic) bond motifs is 2. The standard InChI is InChI=1S/2C6H11NO.2ClH/c2*8-3-6-5-1-4(5)2-7-6;;/h2*4-8H,1-3H2;2*1H/t2*4-,5-,6+;;/m10../s1. The van der Waals surface area contributed by atoms with Crippen molar-refractivity contribution in [3.8, 4) is 0 Å². The van der Waals surface area contributed by atoms with Crippen LogP contribution in [-0.2, 0) is 0 Å². The highest BCUT2D eigenvalue weighted by atomic mass is 35.5. The second kappa shape index (κ2) is 6.73. The van der Waals surface area contributed by atoms with E-state index in [1.807, 2.05) is 0 Å². The zero-order chi connectivity index (χ0) is 11.1. The maximum absolute atomic E-state index is 8.70. The van der Waals surface area contributed by atoms with Crippen LogP contribution in [0.15, 0.2) is 0 Å². The first-order valence-corrected chi connectivity index (χ1v) is 6.52. The molecule has 4 aliphatic rings. The van der Waals surface area contributed by atoms with Gasteiger partial charge in [-0.3, -0.25) is 0 Å². The number of nitrogens with one attached hydrogen (secondary N) is 2. The predicted molar refractivity (Wildman–Crippen MR) is 75.4 cm³/mol. The third-order valence-electron chi connectivity index (χ3n) is 4.67. The highest BCUT2D eigenvalue weighted by Gasteiger charge is 2.47. The van der Waals surface area contributed by atoms with Crippen molar-refractivity contribution in [1.29, 1.82) is 0 Å². The van der Waals surface area contributed by atoms with Gasteiger partial charge in [-0.25, -0.2) is 0 Å². The molecule has 2 aliphatic heterocycles. The Morgan fingerprint density at radius 3 is 1.28 bits per heavy atom. The Morgan fingerprint density at radius 2 is 1.17 bits per heavy atom. The zero-order valence-electron chi connectivity index (χ0n) is 10.4. The van der Waals surface area contributed by atoms with Gasteiger partial charge in [0.05, 0.1) is 13.2 Å². The lowest BCUT2D eigenvalue weighted by Gasteiger charge is -2.06. The van der Waals surface area contributed by atoms with E-state index in [9.17, 15) is 0 Å². The van der Waals surface area contributed by atoms with Crippen LogP contribution in [0.5, 0.6) is 0 Å². The Labute approximate surface area is 121 Å². The molecule has 0 radical (unpaired) electrons. The lowest BCUT2D eigenvalue weighted by molar-refractivity contribution is 0.242. The first-order valence-electron chi connectivity index (χ1n) is 6.52. The molecule has 6 heteroatoms. The monoisotopic (exact) mass is 298 g/mol. The second-order valence-electron chi connectivity index (χ2n) is 5.71. The molecule has 4 rings (SSSR count). The average molecular weight is 299 g/mol. The highest BCUT2D eigenvalue weighted by Crippen LogP contribution is 2.45. The number of halogens is 2. The molecule has 2 saturated heterocycles. The first kappa shape index (κ1) is 16.5. The summed E-state index contributed by atoms with van der Waals surface area (Å²) in [5.74, 6) is 3.51. The van der Waals surface area contributed by atoms with Gasteiger partial charge in [-0.15, -0.1) is 24.8 Å². The van der Waals surface area contributed by atoms with E-state index in [2.05, 4.69) is 10.6 Å². The summed E-state index contributed by atoms with van der Waals surface area (Å²) in [5.41, 5.74) is 0. The van der Waals surface area contributed by atoms with Crippen LogP contribution >= 0.6 is 24.8 Å². The third-order valence-corrected chi connectivity index (χ3v) is 4.67. The summed E-state index contributed by atoms with van der Waals surface area (Å²) in [6, 6.07) is 0.889. The number of aliphatic hydroxyl groups is 2. The molecule has 6 atom stereocenters. The summed E-state index contributed by atoms with van der Waals surface area (Å²) in [6.45, 7) is 2.97. The lowest BCUT2D eigenvalue weighted by atomic mass is 10.2. The summed E-state index contributed by atoms with van der Waals surface area (Å²) >= 11 is 0. The molecule has 0 spiro atoms. The van der Waals surface area contributed by atoms with Crippen LogP contribution in [0.3, 0.4) is 0 Å². The summed E-state index contributed by atoms with van der Waals surface area (Å²) in [6.07, 6.45) is 2.72. The van der Waals surface area contributed by atoms with Crippen molar-refractivity contribution in [1.82, 2.24) is 10.6 Å². The largest absolute Gasteiger partial charge is 0.395 e. The van der Waals surface area contributed by atoms with E-state index in [1.165, 1.54) is 12.8 Å². The topological polar surface area (TPSA) is 64.5 Å². The molecule has 2 aliphatic carbocycles. The molecule has 108 valence electrons. The molecule has 4 N–H and O–H groups in total. The van der Waals surface area contributed by atoms with Crippen molar-refractivity contribution in [2.75, 3.05) is 26.3 Å². The van der Waals surface area contributed by atoms with E-state index < -0.39 is 0 Å². The van der Waals surface area contributed by atoms with Crippen LogP contribution in [0.2, 0.25) is 0 Å². The van der Waals surface area contributed by atoms with Gasteiger partial charge in [0.1, 0.15) is 0 Å². The number of piperidine rings is 2. The fraction of sp³-hybridized carbons (Fsp3) is 1.00. The van der Waals surface area contributed by atoms with E-state index in [1.54, 1.807) is 0 Å². The summed E-state index contributed by atoms with van der Waals surface area (Å²) in [5, 5.41) is 23.9. The number of rotatable bonds is 2. The van der Waals surface area contributed by atoms with Crippen LogP contribution in [0.4, 0.5) is 0 Å². The summed E-state index contributed by atoms with van der Waals surface area (Å²) in [7, 11) is 0. The van der Waals surface area contributed by atoms with E-state index in [4.69, 9.17) is 10.2 Å². The minimum Gasteiger partial charge on any atom is -0.395 e. The SMILES string of the molecule is Cl.Cl.OC[C@@H]1NC[C@H]2C[C@H]21.OC[C@H]1NC[C@@H]2C[C@@H]21. The van der Waals surface area contributed by atoms with Gasteiger partial charge in [0.15, 0.2) is 0 Å².